The smallest absolute Gasteiger partial charge is 0.272 e. The van der Waals surface area contributed by atoms with Gasteiger partial charge in [0.25, 0.3) is 5.91 Å². The molecule has 0 spiro atoms. The highest BCUT2D eigenvalue weighted by Crippen LogP contribution is 2.14. The maximum absolute atomic E-state index is 12.8. The van der Waals surface area contributed by atoms with Gasteiger partial charge in [-0.05, 0) is 17.7 Å². The number of pyridine rings is 1. The Morgan fingerprint density at radius 1 is 0.862 bits per heavy atom. The van der Waals surface area contributed by atoms with Gasteiger partial charge >= 0.3 is 0 Å². The monoisotopic (exact) mass is 388 g/mol. The first-order valence-electron chi connectivity index (χ1n) is 9.87. The Hall–Kier alpha value is -3.25. The minimum atomic E-state index is -0.0519. The summed E-state index contributed by atoms with van der Waals surface area (Å²) < 4.78 is 0. The molecule has 6 nitrogen and oxygen atoms in total. The topological polar surface area (TPSA) is 65.5 Å². The Balaban J connectivity index is 1.27. The number of piperazine rings is 1. The van der Waals surface area contributed by atoms with Gasteiger partial charge in [-0.3, -0.25) is 14.5 Å². The van der Waals surface area contributed by atoms with E-state index in [4.69, 9.17) is 0 Å². The van der Waals surface area contributed by atoms with Gasteiger partial charge < -0.3 is 10.2 Å². The highest BCUT2D eigenvalue weighted by molar-refractivity contribution is 5.95. The molecule has 1 fully saturated rings. The van der Waals surface area contributed by atoms with Gasteiger partial charge in [-0.15, -0.1) is 0 Å². The summed E-state index contributed by atoms with van der Waals surface area (Å²) in [5, 5.41) is 3.98. The average Bonchev–Trinajstić information content (AvgIpc) is 2.78. The Kier molecular flexibility index (Phi) is 5.81. The van der Waals surface area contributed by atoms with Crippen LogP contribution in [0, 0.1) is 0 Å². The molecule has 3 aromatic rings. The van der Waals surface area contributed by atoms with Gasteiger partial charge in [0.2, 0.25) is 5.91 Å². The number of carbonyl (C=O) groups excluding carboxylic acids is 2. The lowest BCUT2D eigenvalue weighted by molar-refractivity contribution is -0.122. The van der Waals surface area contributed by atoms with Gasteiger partial charge in [0.05, 0.1) is 12.1 Å². The molecule has 6 heteroatoms. The molecule has 1 aromatic heterocycles. The third-order valence-corrected chi connectivity index (χ3v) is 5.18. The molecule has 2 amide bonds. The third-order valence-electron chi connectivity index (χ3n) is 5.18. The van der Waals surface area contributed by atoms with E-state index in [2.05, 4.69) is 15.2 Å². The first kappa shape index (κ1) is 19.1. The van der Waals surface area contributed by atoms with Crippen LogP contribution in [-0.2, 0) is 11.3 Å². The van der Waals surface area contributed by atoms with E-state index in [0.29, 0.717) is 45.0 Å². The summed E-state index contributed by atoms with van der Waals surface area (Å²) in [6.45, 7) is 3.43. The van der Waals surface area contributed by atoms with Crippen LogP contribution in [0.25, 0.3) is 10.9 Å². The van der Waals surface area contributed by atoms with Crippen LogP contribution in [0.1, 0.15) is 16.1 Å². The van der Waals surface area contributed by atoms with Gasteiger partial charge in [-0.1, -0.05) is 54.6 Å². The minimum Gasteiger partial charge on any atom is -0.351 e. The zero-order valence-electron chi connectivity index (χ0n) is 16.3. The van der Waals surface area contributed by atoms with Crippen LogP contribution in [0.2, 0.25) is 0 Å². The van der Waals surface area contributed by atoms with Crippen molar-refractivity contribution >= 4 is 22.7 Å². The number of carbonyl (C=O) groups is 2. The third kappa shape index (κ3) is 4.78. The lowest BCUT2D eigenvalue weighted by atomic mass is 10.2. The van der Waals surface area contributed by atoms with Crippen LogP contribution < -0.4 is 5.32 Å². The number of hydrogen-bond donors (Lipinski definition) is 1. The summed E-state index contributed by atoms with van der Waals surface area (Å²) in [4.78, 5) is 33.4. The number of rotatable bonds is 5. The number of nitrogens with one attached hydrogen (secondary N) is 1. The van der Waals surface area contributed by atoms with Crippen LogP contribution in [-0.4, -0.2) is 59.3 Å². The maximum atomic E-state index is 12.8. The summed E-state index contributed by atoms with van der Waals surface area (Å²) >= 11 is 0. The lowest BCUT2D eigenvalue weighted by Crippen LogP contribution is -2.51. The number of para-hydroxylation sites is 1. The van der Waals surface area contributed by atoms with Crippen molar-refractivity contribution in [1.29, 1.82) is 0 Å². The van der Waals surface area contributed by atoms with E-state index in [1.54, 1.807) is 6.07 Å². The molecule has 0 saturated carbocycles. The maximum Gasteiger partial charge on any atom is 0.272 e. The molecule has 4 rings (SSSR count). The SMILES string of the molecule is O=C(CN1CCN(C(=O)c2ccc3ccccc3n2)CC1)NCc1ccccc1. The van der Waals surface area contributed by atoms with Gasteiger partial charge in [-0.2, -0.15) is 0 Å². The summed E-state index contributed by atoms with van der Waals surface area (Å²) in [7, 11) is 0. The Morgan fingerprint density at radius 3 is 2.38 bits per heavy atom. The highest BCUT2D eigenvalue weighted by Gasteiger charge is 2.24. The Labute approximate surface area is 170 Å². The van der Waals surface area contributed by atoms with Crippen molar-refractivity contribution in [3.8, 4) is 0 Å². The molecule has 2 aromatic carbocycles. The molecule has 0 atom stereocenters. The molecule has 0 unspecified atom stereocenters. The van der Waals surface area contributed by atoms with Crippen molar-refractivity contribution < 1.29 is 9.59 Å². The fourth-order valence-corrected chi connectivity index (χ4v) is 3.51. The zero-order valence-corrected chi connectivity index (χ0v) is 16.3. The molecular formula is C23H24N4O2. The first-order valence-corrected chi connectivity index (χ1v) is 9.87. The Morgan fingerprint density at radius 2 is 1.59 bits per heavy atom. The summed E-state index contributed by atoms with van der Waals surface area (Å²) in [6, 6.07) is 21.4. The van der Waals surface area contributed by atoms with Gasteiger partial charge in [0, 0.05) is 38.1 Å². The number of hydrogen-bond acceptors (Lipinski definition) is 4. The largest absolute Gasteiger partial charge is 0.351 e. The van der Waals surface area contributed by atoms with Crippen LogP contribution in [0.4, 0.5) is 0 Å². The molecule has 0 bridgehead atoms. The second kappa shape index (κ2) is 8.84. The lowest BCUT2D eigenvalue weighted by Gasteiger charge is -2.34. The number of aromatic nitrogens is 1. The summed E-state index contributed by atoms with van der Waals surface area (Å²) in [5.41, 5.74) is 2.38. The normalized spacial score (nSPS) is 14.7. The zero-order chi connectivity index (χ0) is 20.1. The van der Waals surface area contributed by atoms with Crippen LogP contribution >= 0.6 is 0 Å². The van der Waals surface area contributed by atoms with Crippen molar-refractivity contribution in [2.75, 3.05) is 32.7 Å². The van der Waals surface area contributed by atoms with Crippen LogP contribution in [0.15, 0.2) is 66.7 Å². The van der Waals surface area contributed by atoms with E-state index in [0.717, 1.165) is 16.5 Å². The van der Waals surface area contributed by atoms with Crippen LogP contribution in [0.5, 0.6) is 0 Å². The van der Waals surface area contributed by atoms with Gasteiger partial charge in [0.1, 0.15) is 5.69 Å². The standard InChI is InChI=1S/C23H24N4O2/c28-22(24-16-18-6-2-1-3-7-18)17-26-12-14-27(15-13-26)23(29)21-11-10-19-8-4-5-9-20(19)25-21/h1-11H,12-17H2,(H,24,28). The molecule has 1 aliphatic heterocycles. The van der Waals surface area contributed by atoms with Crippen molar-refractivity contribution in [3.63, 3.8) is 0 Å². The molecule has 1 saturated heterocycles. The molecule has 0 radical (unpaired) electrons. The number of benzene rings is 2. The van der Waals surface area contributed by atoms with E-state index < -0.39 is 0 Å². The predicted molar refractivity (Wildman–Crippen MR) is 112 cm³/mol. The second-order valence-corrected chi connectivity index (χ2v) is 7.22. The fraction of sp³-hybridized carbons (Fsp3) is 0.261. The molecular weight excluding hydrogens is 364 g/mol. The predicted octanol–water partition coefficient (Wildman–Crippen LogP) is 2.31. The molecule has 29 heavy (non-hydrogen) atoms. The minimum absolute atomic E-state index is 0.00447. The van der Waals surface area contributed by atoms with Crippen LogP contribution in [0.3, 0.4) is 0 Å². The summed E-state index contributed by atoms with van der Waals surface area (Å²) in [5.74, 6) is -0.0474. The van der Waals surface area contributed by atoms with E-state index >= 15 is 0 Å². The molecule has 1 aliphatic rings. The van der Waals surface area contributed by atoms with Gasteiger partial charge in [0.15, 0.2) is 0 Å². The number of nitrogens with zero attached hydrogens (tertiary/aromatic N) is 3. The quantitative estimate of drug-likeness (QED) is 0.729. The van der Waals surface area contributed by atoms with Crippen molar-refractivity contribution in [3.05, 3.63) is 78.0 Å². The second-order valence-electron chi connectivity index (χ2n) is 7.22. The molecule has 148 valence electrons. The average molecular weight is 388 g/mol. The van der Waals surface area contributed by atoms with E-state index in [1.807, 2.05) is 65.6 Å². The van der Waals surface area contributed by atoms with E-state index in [9.17, 15) is 9.59 Å². The van der Waals surface area contributed by atoms with Crippen molar-refractivity contribution in [1.82, 2.24) is 20.1 Å². The van der Waals surface area contributed by atoms with Gasteiger partial charge in [-0.25, -0.2) is 4.98 Å². The summed E-state index contributed by atoms with van der Waals surface area (Å²) in [6.07, 6.45) is 0. The highest BCUT2D eigenvalue weighted by atomic mass is 16.2. The number of fused-ring (bicyclic) bond motifs is 1. The van der Waals surface area contributed by atoms with Crippen molar-refractivity contribution in [2.45, 2.75) is 6.54 Å². The molecule has 0 aliphatic carbocycles. The number of amides is 2. The molecule has 2 heterocycles. The first-order chi connectivity index (χ1) is 14.2. The van der Waals surface area contributed by atoms with E-state index in [1.165, 1.54) is 0 Å². The molecule has 1 N–H and O–H groups in total. The van der Waals surface area contributed by atoms with E-state index in [-0.39, 0.29) is 11.8 Å². The fourth-order valence-electron chi connectivity index (χ4n) is 3.51. The Bertz CT molecular complexity index is 998. The van der Waals surface area contributed by atoms with Crippen molar-refractivity contribution in [2.24, 2.45) is 0 Å².